The van der Waals surface area contributed by atoms with Gasteiger partial charge in [-0.25, -0.2) is 8.42 Å². The number of aryl methyl sites for hydroxylation is 1. The maximum absolute atomic E-state index is 13.4. The fraction of sp³-hybridized carbons (Fsp3) is 0.320. The Morgan fingerprint density at radius 1 is 1.21 bits per heavy atom. The number of furan rings is 1. The fourth-order valence-electron chi connectivity index (χ4n) is 3.82. The lowest BCUT2D eigenvalue weighted by molar-refractivity contribution is -0.116. The average Bonchev–Trinajstić information content (AvgIpc) is 3.42. The zero-order valence-electron chi connectivity index (χ0n) is 19.4. The van der Waals surface area contributed by atoms with E-state index in [0.29, 0.717) is 29.6 Å². The Morgan fingerprint density at radius 2 is 1.97 bits per heavy atom. The summed E-state index contributed by atoms with van der Waals surface area (Å²) in [5, 5.41) is 2.80. The number of anilines is 1. The predicted molar refractivity (Wildman–Crippen MR) is 128 cm³/mol. The summed E-state index contributed by atoms with van der Waals surface area (Å²) in [7, 11) is -3.96. The summed E-state index contributed by atoms with van der Waals surface area (Å²) in [5.41, 5.74) is 2.38. The number of hydrogen-bond acceptors (Lipinski definition) is 6. The van der Waals surface area contributed by atoms with Crippen molar-refractivity contribution in [3.05, 3.63) is 71.7 Å². The van der Waals surface area contributed by atoms with Crippen molar-refractivity contribution in [2.45, 2.75) is 44.7 Å². The van der Waals surface area contributed by atoms with Crippen LogP contribution in [0.15, 0.2) is 64.1 Å². The lowest BCUT2D eigenvalue weighted by atomic mass is 10.1. The quantitative estimate of drug-likeness (QED) is 0.490. The highest BCUT2D eigenvalue weighted by molar-refractivity contribution is 7.89. The van der Waals surface area contributed by atoms with Gasteiger partial charge in [0.1, 0.15) is 23.4 Å². The topological polar surface area (TPSA) is 98.1 Å². The van der Waals surface area contributed by atoms with Crippen molar-refractivity contribution in [3.8, 4) is 11.5 Å². The summed E-state index contributed by atoms with van der Waals surface area (Å²) < 4.78 is 44.7. The van der Waals surface area contributed by atoms with E-state index in [4.69, 9.17) is 13.9 Å². The highest BCUT2D eigenvalue weighted by Crippen LogP contribution is 2.38. The molecule has 0 radical (unpaired) electrons. The summed E-state index contributed by atoms with van der Waals surface area (Å²) in [6, 6.07) is 13.4. The smallest absolute Gasteiger partial charge is 0.243 e. The van der Waals surface area contributed by atoms with Gasteiger partial charge in [0, 0.05) is 18.1 Å². The second kappa shape index (κ2) is 9.90. The first-order valence-corrected chi connectivity index (χ1v) is 12.6. The molecule has 1 aliphatic heterocycles. The molecule has 1 N–H and O–H groups in total. The molecule has 0 bridgehead atoms. The Labute approximate surface area is 199 Å². The van der Waals surface area contributed by atoms with Gasteiger partial charge in [-0.2, -0.15) is 4.31 Å². The Kier molecular flexibility index (Phi) is 6.95. The zero-order valence-corrected chi connectivity index (χ0v) is 20.2. The molecular weight excluding hydrogens is 456 g/mol. The lowest BCUT2D eigenvalue weighted by Gasteiger charge is -2.21. The monoisotopic (exact) mass is 484 g/mol. The van der Waals surface area contributed by atoms with Crippen LogP contribution in [-0.2, 0) is 27.8 Å². The maximum Gasteiger partial charge on any atom is 0.243 e. The van der Waals surface area contributed by atoms with E-state index in [-0.39, 0.29) is 17.5 Å². The van der Waals surface area contributed by atoms with Gasteiger partial charge in [-0.1, -0.05) is 17.7 Å². The molecule has 1 aromatic heterocycles. The summed E-state index contributed by atoms with van der Waals surface area (Å²) in [6.45, 7) is 5.64. The molecule has 0 unspecified atom stereocenters. The van der Waals surface area contributed by atoms with Gasteiger partial charge < -0.3 is 19.2 Å². The molecule has 0 spiro atoms. The van der Waals surface area contributed by atoms with Crippen molar-refractivity contribution < 1.29 is 27.1 Å². The van der Waals surface area contributed by atoms with Gasteiger partial charge in [-0.15, -0.1) is 0 Å². The minimum atomic E-state index is -3.96. The number of carbonyl (C=O) groups is 1. The molecule has 1 aliphatic rings. The highest BCUT2D eigenvalue weighted by Gasteiger charge is 2.29. The Morgan fingerprint density at radius 3 is 2.65 bits per heavy atom. The fourth-order valence-corrected chi connectivity index (χ4v) is 5.19. The van der Waals surface area contributed by atoms with Crippen LogP contribution in [0.3, 0.4) is 0 Å². The largest absolute Gasteiger partial charge is 0.492 e. The summed E-state index contributed by atoms with van der Waals surface area (Å²) >= 11 is 0. The number of rotatable bonds is 9. The molecule has 8 nitrogen and oxygen atoms in total. The molecule has 2 aromatic carbocycles. The number of nitrogens with zero attached hydrogens (tertiary/aromatic N) is 1. The molecule has 0 fully saturated rings. The SMILES string of the molecule is CCOc1cc2c(cc1NC(=O)CN(Cc1ccco1)S(=O)(=O)c1ccc(C)cc1)O[C@H](C)C2. The number of amides is 1. The van der Waals surface area contributed by atoms with Crippen LogP contribution in [0.2, 0.25) is 0 Å². The van der Waals surface area contributed by atoms with Gasteiger partial charge in [-0.05, 0) is 51.1 Å². The molecule has 0 saturated carbocycles. The highest BCUT2D eigenvalue weighted by atomic mass is 32.2. The Hall–Kier alpha value is -3.30. The van der Waals surface area contributed by atoms with Crippen LogP contribution in [0.25, 0.3) is 0 Å². The number of sulfonamides is 1. The van der Waals surface area contributed by atoms with E-state index >= 15 is 0 Å². The van der Waals surface area contributed by atoms with E-state index in [0.717, 1.165) is 21.9 Å². The minimum Gasteiger partial charge on any atom is -0.492 e. The van der Waals surface area contributed by atoms with Crippen LogP contribution in [0.4, 0.5) is 5.69 Å². The average molecular weight is 485 g/mol. The molecule has 1 atom stereocenters. The van der Waals surface area contributed by atoms with Gasteiger partial charge in [-0.3, -0.25) is 4.79 Å². The van der Waals surface area contributed by atoms with Crippen molar-refractivity contribution in [2.24, 2.45) is 0 Å². The van der Waals surface area contributed by atoms with Gasteiger partial charge in [0.2, 0.25) is 15.9 Å². The molecule has 34 heavy (non-hydrogen) atoms. The molecule has 0 saturated heterocycles. The van der Waals surface area contributed by atoms with Crippen molar-refractivity contribution >= 4 is 21.6 Å². The van der Waals surface area contributed by atoms with Crippen molar-refractivity contribution in [1.82, 2.24) is 4.31 Å². The first-order chi connectivity index (χ1) is 16.3. The van der Waals surface area contributed by atoms with Crippen LogP contribution < -0.4 is 14.8 Å². The maximum atomic E-state index is 13.4. The normalized spacial score (nSPS) is 15.1. The van der Waals surface area contributed by atoms with Gasteiger partial charge in [0.05, 0.1) is 36.5 Å². The summed E-state index contributed by atoms with van der Waals surface area (Å²) in [5.74, 6) is 1.13. The van der Waals surface area contributed by atoms with E-state index in [1.54, 1.807) is 30.3 Å². The Balaban J connectivity index is 1.59. The third-order valence-electron chi connectivity index (χ3n) is 5.46. The molecule has 9 heteroatoms. The summed E-state index contributed by atoms with van der Waals surface area (Å²) in [6.07, 6.45) is 2.26. The van der Waals surface area contributed by atoms with Crippen LogP contribution in [0, 0.1) is 6.92 Å². The van der Waals surface area contributed by atoms with E-state index in [2.05, 4.69) is 5.32 Å². The van der Waals surface area contributed by atoms with Crippen molar-refractivity contribution in [1.29, 1.82) is 0 Å². The van der Waals surface area contributed by atoms with Gasteiger partial charge in [0.25, 0.3) is 0 Å². The zero-order chi connectivity index (χ0) is 24.3. The number of fused-ring (bicyclic) bond motifs is 1. The van der Waals surface area contributed by atoms with Crippen LogP contribution in [-0.4, -0.2) is 37.9 Å². The van der Waals surface area contributed by atoms with Crippen LogP contribution in [0.1, 0.15) is 30.7 Å². The van der Waals surface area contributed by atoms with Crippen molar-refractivity contribution in [2.75, 3.05) is 18.5 Å². The van der Waals surface area contributed by atoms with E-state index in [9.17, 15) is 13.2 Å². The van der Waals surface area contributed by atoms with Crippen LogP contribution in [0.5, 0.6) is 11.5 Å². The third kappa shape index (κ3) is 5.26. The lowest BCUT2D eigenvalue weighted by Crippen LogP contribution is -2.37. The predicted octanol–water partition coefficient (Wildman–Crippen LogP) is 4.14. The number of hydrogen-bond donors (Lipinski definition) is 1. The first kappa shape index (κ1) is 23.8. The molecule has 3 aromatic rings. The first-order valence-electron chi connectivity index (χ1n) is 11.1. The number of benzene rings is 2. The molecular formula is C25H28N2O6S. The second-order valence-corrected chi connectivity index (χ2v) is 10.2. The molecule has 180 valence electrons. The Bertz CT molecular complexity index is 1250. The number of carbonyl (C=O) groups excluding carboxylic acids is 1. The molecule has 2 heterocycles. The molecule has 4 rings (SSSR count). The number of ether oxygens (including phenoxy) is 2. The van der Waals surface area contributed by atoms with E-state index in [1.165, 1.54) is 18.4 Å². The van der Waals surface area contributed by atoms with E-state index < -0.39 is 22.5 Å². The molecule has 0 aliphatic carbocycles. The third-order valence-corrected chi connectivity index (χ3v) is 7.27. The molecule has 1 amide bonds. The minimum absolute atomic E-state index is 0.0406. The van der Waals surface area contributed by atoms with Crippen LogP contribution >= 0.6 is 0 Å². The van der Waals surface area contributed by atoms with Gasteiger partial charge in [0.15, 0.2) is 0 Å². The second-order valence-electron chi connectivity index (χ2n) is 8.24. The van der Waals surface area contributed by atoms with Gasteiger partial charge >= 0.3 is 0 Å². The van der Waals surface area contributed by atoms with E-state index in [1.807, 2.05) is 26.8 Å². The number of nitrogens with one attached hydrogen (secondary N) is 1. The summed E-state index contributed by atoms with van der Waals surface area (Å²) in [4.78, 5) is 13.2. The standard InChI is InChI=1S/C25H28N2O6S/c1-4-31-24-13-19-12-18(3)33-23(19)14-22(24)26-25(28)16-27(15-20-6-5-11-32-20)34(29,30)21-9-7-17(2)8-10-21/h5-11,13-14,18H,4,12,15-16H2,1-3H3,(H,26,28)/t18-/m1/s1. The van der Waals surface area contributed by atoms with Crippen molar-refractivity contribution in [3.63, 3.8) is 0 Å².